The predicted octanol–water partition coefficient (Wildman–Crippen LogP) is 6.80. The summed E-state index contributed by atoms with van der Waals surface area (Å²) in [6.07, 6.45) is -6.34. The number of pyridine rings is 1. The fourth-order valence-electron chi connectivity index (χ4n) is 4.34. The monoisotopic (exact) mass is 652 g/mol. The Hall–Kier alpha value is -3.19. The van der Waals surface area contributed by atoms with Crippen molar-refractivity contribution >= 4 is 46.6 Å². The Labute approximate surface area is 255 Å². The van der Waals surface area contributed by atoms with Gasteiger partial charge in [0.05, 0.1) is 33.4 Å². The Morgan fingerprint density at radius 1 is 1.05 bits per heavy atom. The van der Waals surface area contributed by atoms with Gasteiger partial charge in [-0.25, -0.2) is 13.8 Å². The number of amides is 3. The molecule has 236 valence electrons. The molecule has 1 fully saturated rings. The summed E-state index contributed by atoms with van der Waals surface area (Å²) in [7, 11) is 0. The van der Waals surface area contributed by atoms with E-state index in [1.54, 1.807) is 26.8 Å². The third kappa shape index (κ3) is 9.40. The summed E-state index contributed by atoms with van der Waals surface area (Å²) in [6.45, 7) is 4.14. The third-order valence-electron chi connectivity index (χ3n) is 6.74. The van der Waals surface area contributed by atoms with Crippen LogP contribution in [0.15, 0.2) is 24.4 Å². The largest absolute Gasteiger partial charge is 0.471 e. The molecule has 0 aliphatic heterocycles. The topological polar surface area (TPSA) is 109 Å². The zero-order chi connectivity index (χ0) is 32.1. The molecule has 1 saturated carbocycles. The van der Waals surface area contributed by atoms with Gasteiger partial charge in [0.1, 0.15) is 5.56 Å². The van der Waals surface area contributed by atoms with Crippen molar-refractivity contribution in [2.45, 2.75) is 71.6 Å². The smallest absolute Gasteiger partial charge is 0.391 e. The van der Waals surface area contributed by atoms with Crippen molar-refractivity contribution in [1.82, 2.24) is 15.6 Å². The lowest BCUT2D eigenvalue weighted by molar-refractivity contribution is -0.182. The van der Waals surface area contributed by atoms with Crippen molar-refractivity contribution in [3.63, 3.8) is 0 Å². The van der Waals surface area contributed by atoms with Crippen LogP contribution in [0.3, 0.4) is 0 Å². The molecule has 0 saturated heterocycles. The minimum Gasteiger partial charge on any atom is -0.471 e. The number of anilines is 1. The second-order valence-electron chi connectivity index (χ2n) is 11.1. The molecule has 2 aromatic rings. The number of ether oxygens (including phenoxy) is 1. The SMILES string of the molecule is CC(C)(C)C(=O)NCc1ccc(Cl)c(C(=O)Nc2cnc(OCC(F)F)c(C(=O)N[C@H]3CC[C@H](C(F)(F)F)CC3)c2)c1Cl. The van der Waals surface area contributed by atoms with Gasteiger partial charge in [-0.1, -0.05) is 50.0 Å². The minimum absolute atomic E-state index is 0.00864. The molecule has 8 nitrogen and oxygen atoms in total. The van der Waals surface area contributed by atoms with Crippen LogP contribution in [0, 0.1) is 11.3 Å². The molecule has 0 atom stereocenters. The molecule has 3 N–H and O–H groups in total. The molecule has 0 unspecified atom stereocenters. The number of aromatic nitrogens is 1. The molecule has 1 aliphatic rings. The average molecular weight is 653 g/mol. The van der Waals surface area contributed by atoms with Gasteiger partial charge in [-0.05, 0) is 43.4 Å². The molecule has 1 aliphatic carbocycles. The van der Waals surface area contributed by atoms with Gasteiger partial charge in [0.2, 0.25) is 11.8 Å². The number of alkyl halides is 5. The Balaban J connectivity index is 1.80. The fourth-order valence-corrected chi connectivity index (χ4v) is 4.95. The van der Waals surface area contributed by atoms with Gasteiger partial charge in [0.25, 0.3) is 18.2 Å². The summed E-state index contributed by atoms with van der Waals surface area (Å²) < 4.78 is 69.6. The summed E-state index contributed by atoms with van der Waals surface area (Å²) in [4.78, 5) is 42.4. The summed E-state index contributed by atoms with van der Waals surface area (Å²) in [5.41, 5.74) is -0.741. The molecule has 1 heterocycles. The summed E-state index contributed by atoms with van der Waals surface area (Å²) in [5, 5.41) is 7.80. The molecular formula is C28H31Cl2F5N4O4. The first kappa shape index (κ1) is 34.3. The highest BCUT2D eigenvalue weighted by Gasteiger charge is 2.41. The Morgan fingerprint density at radius 2 is 1.70 bits per heavy atom. The molecule has 0 spiro atoms. The highest BCUT2D eigenvalue weighted by molar-refractivity contribution is 6.40. The number of rotatable bonds is 9. The lowest BCUT2D eigenvalue weighted by atomic mass is 9.85. The van der Waals surface area contributed by atoms with Crippen LogP contribution in [0.4, 0.5) is 27.6 Å². The number of benzene rings is 1. The van der Waals surface area contributed by atoms with E-state index in [2.05, 4.69) is 20.9 Å². The molecule has 3 rings (SSSR count). The highest BCUT2D eigenvalue weighted by Crippen LogP contribution is 2.37. The predicted molar refractivity (Wildman–Crippen MR) is 151 cm³/mol. The van der Waals surface area contributed by atoms with Crippen molar-refractivity contribution in [3.05, 3.63) is 51.1 Å². The standard InChI is InChI=1S/C28H31Cl2F5N4O4/c1-27(2,3)26(42)37-11-14-4-9-19(29)21(22(14)30)24(41)39-17-10-18(25(36-12-17)43-13-20(31)32)23(40)38-16-7-5-15(6-8-16)28(33,34)35/h4,9-10,12,15-16,20H,5-8,11,13H2,1-3H3,(H,37,42)(H,38,40)(H,39,41)/t15-,16-. The lowest BCUT2D eigenvalue weighted by Gasteiger charge is -2.30. The number of hydrogen-bond donors (Lipinski definition) is 3. The van der Waals surface area contributed by atoms with E-state index >= 15 is 0 Å². The van der Waals surface area contributed by atoms with Gasteiger partial charge in [0.15, 0.2) is 6.61 Å². The van der Waals surface area contributed by atoms with E-state index in [1.807, 2.05) is 0 Å². The van der Waals surface area contributed by atoms with E-state index < -0.39 is 54.3 Å². The first-order chi connectivity index (χ1) is 20.0. The molecule has 1 aromatic carbocycles. The van der Waals surface area contributed by atoms with Crippen LogP contribution in [0.5, 0.6) is 5.88 Å². The fraction of sp³-hybridized carbons (Fsp3) is 0.500. The first-order valence-electron chi connectivity index (χ1n) is 13.3. The van der Waals surface area contributed by atoms with E-state index in [4.69, 9.17) is 27.9 Å². The summed E-state index contributed by atoms with van der Waals surface area (Å²) in [5.74, 6) is -3.77. The van der Waals surface area contributed by atoms with Crippen LogP contribution in [-0.4, -0.2) is 48.0 Å². The van der Waals surface area contributed by atoms with Gasteiger partial charge in [-0.2, -0.15) is 13.2 Å². The zero-order valence-electron chi connectivity index (χ0n) is 23.5. The van der Waals surface area contributed by atoms with E-state index in [0.717, 1.165) is 12.3 Å². The van der Waals surface area contributed by atoms with Crippen LogP contribution in [0.25, 0.3) is 0 Å². The second kappa shape index (κ2) is 14.1. The molecule has 15 heteroatoms. The van der Waals surface area contributed by atoms with E-state index in [0.29, 0.717) is 5.56 Å². The number of hydrogen-bond acceptors (Lipinski definition) is 5. The maximum Gasteiger partial charge on any atom is 0.391 e. The maximum absolute atomic E-state index is 13.2. The molecule has 1 aromatic heterocycles. The number of carbonyl (C=O) groups excluding carboxylic acids is 3. The van der Waals surface area contributed by atoms with Crippen LogP contribution in [0.1, 0.15) is 72.7 Å². The average Bonchev–Trinajstić information content (AvgIpc) is 2.91. The zero-order valence-corrected chi connectivity index (χ0v) is 25.0. The van der Waals surface area contributed by atoms with Gasteiger partial charge in [-0.3, -0.25) is 14.4 Å². The van der Waals surface area contributed by atoms with Crippen LogP contribution in [-0.2, 0) is 11.3 Å². The molecule has 43 heavy (non-hydrogen) atoms. The van der Waals surface area contributed by atoms with Crippen molar-refractivity contribution in [1.29, 1.82) is 0 Å². The molecule has 0 bridgehead atoms. The van der Waals surface area contributed by atoms with Gasteiger partial charge < -0.3 is 20.7 Å². The Morgan fingerprint density at radius 3 is 2.28 bits per heavy atom. The quantitative estimate of drug-likeness (QED) is 0.258. The summed E-state index contributed by atoms with van der Waals surface area (Å²) in [6, 6.07) is 3.52. The van der Waals surface area contributed by atoms with Crippen LogP contribution < -0.4 is 20.7 Å². The number of nitrogens with zero attached hydrogens (tertiary/aromatic N) is 1. The van der Waals surface area contributed by atoms with Gasteiger partial charge >= 0.3 is 6.18 Å². The van der Waals surface area contributed by atoms with Crippen LogP contribution >= 0.6 is 23.2 Å². The number of halogens is 7. The molecule has 0 radical (unpaired) electrons. The Kier molecular flexibility index (Phi) is 11.2. The van der Waals surface area contributed by atoms with Crippen LogP contribution in [0.2, 0.25) is 10.0 Å². The Bertz CT molecular complexity index is 1340. The third-order valence-corrected chi connectivity index (χ3v) is 7.49. The maximum atomic E-state index is 13.2. The second-order valence-corrected chi connectivity index (χ2v) is 11.9. The van der Waals surface area contributed by atoms with Crippen molar-refractivity contribution in [2.75, 3.05) is 11.9 Å². The lowest BCUT2D eigenvalue weighted by Crippen LogP contribution is -2.40. The highest BCUT2D eigenvalue weighted by atomic mass is 35.5. The number of nitrogens with one attached hydrogen (secondary N) is 3. The minimum atomic E-state index is -4.33. The van der Waals surface area contributed by atoms with Gasteiger partial charge in [0, 0.05) is 18.0 Å². The normalized spacial score (nSPS) is 17.4. The molecule has 3 amide bonds. The van der Waals surface area contributed by atoms with Crippen molar-refractivity contribution in [3.8, 4) is 5.88 Å². The van der Waals surface area contributed by atoms with E-state index in [1.165, 1.54) is 6.07 Å². The van der Waals surface area contributed by atoms with Crippen molar-refractivity contribution in [2.24, 2.45) is 11.3 Å². The van der Waals surface area contributed by atoms with Gasteiger partial charge in [-0.15, -0.1) is 0 Å². The number of carbonyl (C=O) groups is 3. The first-order valence-corrected chi connectivity index (χ1v) is 14.1. The van der Waals surface area contributed by atoms with E-state index in [9.17, 15) is 36.3 Å². The summed E-state index contributed by atoms with van der Waals surface area (Å²) >= 11 is 12.7. The molecular weight excluding hydrogens is 622 g/mol. The van der Waals surface area contributed by atoms with E-state index in [-0.39, 0.29) is 65.0 Å². The van der Waals surface area contributed by atoms with Crippen molar-refractivity contribution < 1.29 is 41.1 Å².